The molecule has 0 spiro atoms. The average Bonchev–Trinajstić information content (AvgIpc) is 2.56. The highest BCUT2D eigenvalue weighted by Gasteiger charge is 2.33. The number of aryl methyl sites for hydroxylation is 1. The summed E-state index contributed by atoms with van der Waals surface area (Å²) >= 11 is 6.05. The van der Waals surface area contributed by atoms with E-state index in [4.69, 9.17) is 16.3 Å². The van der Waals surface area contributed by atoms with Gasteiger partial charge in [0.05, 0.1) is 12.1 Å². The summed E-state index contributed by atoms with van der Waals surface area (Å²) in [4.78, 5) is 26.1. The zero-order valence-corrected chi connectivity index (χ0v) is 14.1. The van der Waals surface area contributed by atoms with Crippen molar-refractivity contribution in [3.05, 3.63) is 53.1 Å². The first-order chi connectivity index (χ1) is 11.5. The molecule has 1 aliphatic rings. The molecular formula is C18H17ClN2O3. The van der Waals surface area contributed by atoms with E-state index in [0.29, 0.717) is 22.1 Å². The number of likely N-dealkylation sites (N-methyl/N-ethyl adjacent to an activating group) is 1. The Bertz CT molecular complexity index is 807. The molecule has 0 fully saturated rings. The summed E-state index contributed by atoms with van der Waals surface area (Å²) < 4.78 is 5.69. The van der Waals surface area contributed by atoms with Crippen molar-refractivity contribution in [1.82, 2.24) is 0 Å². The largest absolute Gasteiger partial charge is 0.478 e. The van der Waals surface area contributed by atoms with Crippen molar-refractivity contribution >= 4 is 34.8 Å². The second-order valence-corrected chi connectivity index (χ2v) is 6.09. The number of halogens is 1. The highest BCUT2D eigenvalue weighted by Crippen LogP contribution is 2.33. The third kappa shape index (κ3) is 3.21. The average molecular weight is 345 g/mol. The summed E-state index contributed by atoms with van der Waals surface area (Å²) in [7, 11) is 1.67. The van der Waals surface area contributed by atoms with E-state index in [9.17, 15) is 9.59 Å². The predicted octanol–water partition coefficient (Wildman–Crippen LogP) is 3.40. The van der Waals surface area contributed by atoms with E-state index in [0.717, 1.165) is 5.56 Å². The van der Waals surface area contributed by atoms with Crippen molar-refractivity contribution in [1.29, 1.82) is 0 Å². The quantitative estimate of drug-likeness (QED) is 0.928. The molecule has 0 aromatic heterocycles. The number of para-hydroxylation sites is 2. The van der Waals surface area contributed by atoms with Crippen LogP contribution < -0.4 is 15.0 Å². The Morgan fingerprint density at radius 2 is 2.04 bits per heavy atom. The van der Waals surface area contributed by atoms with Crippen molar-refractivity contribution < 1.29 is 14.3 Å². The number of ether oxygens (including phenoxy) is 1. The lowest BCUT2D eigenvalue weighted by Crippen LogP contribution is -2.45. The molecular weight excluding hydrogens is 328 g/mol. The maximum atomic E-state index is 12.4. The molecule has 2 aromatic rings. The summed E-state index contributed by atoms with van der Waals surface area (Å²) in [5.41, 5.74) is 2.22. The lowest BCUT2D eigenvalue weighted by molar-refractivity contribution is -0.130. The van der Waals surface area contributed by atoms with Crippen LogP contribution in [0.3, 0.4) is 0 Å². The Morgan fingerprint density at radius 3 is 2.79 bits per heavy atom. The lowest BCUT2D eigenvalue weighted by atomic mass is 10.1. The SMILES string of the molecule is Cc1ccc(NC(=O)CC2Oc3ccccc3N(C)C2=O)cc1Cl. The maximum absolute atomic E-state index is 12.4. The van der Waals surface area contributed by atoms with Gasteiger partial charge in [0.15, 0.2) is 6.10 Å². The molecule has 1 aliphatic heterocycles. The molecule has 1 unspecified atom stereocenters. The molecule has 0 radical (unpaired) electrons. The first-order valence-electron chi connectivity index (χ1n) is 7.55. The number of benzene rings is 2. The normalized spacial score (nSPS) is 16.4. The van der Waals surface area contributed by atoms with Crippen molar-refractivity contribution in [2.45, 2.75) is 19.4 Å². The number of nitrogens with one attached hydrogen (secondary N) is 1. The first-order valence-corrected chi connectivity index (χ1v) is 7.93. The molecule has 0 saturated heterocycles. The van der Waals surface area contributed by atoms with E-state index < -0.39 is 6.10 Å². The first kappa shape index (κ1) is 16.3. The standard InChI is InChI=1S/C18H17ClN2O3/c1-11-7-8-12(9-13(11)19)20-17(22)10-16-18(23)21(2)14-5-3-4-6-15(14)24-16/h3-9,16H,10H2,1-2H3,(H,20,22). The minimum atomic E-state index is -0.842. The zero-order chi connectivity index (χ0) is 17.3. The number of anilines is 2. The molecule has 6 heteroatoms. The van der Waals surface area contributed by atoms with Crippen molar-refractivity contribution in [2.75, 3.05) is 17.3 Å². The van der Waals surface area contributed by atoms with Crippen LogP contribution in [-0.4, -0.2) is 25.0 Å². The van der Waals surface area contributed by atoms with Gasteiger partial charge in [-0.15, -0.1) is 0 Å². The van der Waals surface area contributed by atoms with Crippen molar-refractivity contribution in [3.8, 4) is 5.75 Å². The van der Waals surface area contributed by atoms with Crippen LogP contribution in [0.15, 0.2) is 42.5 Å². The van der Waals surface area contributed by atoms with Crippen LogP contribution >= 0.6 is 11.6 Å². The number of nitrogens with zero attached hydrogens (tertiary/aromatic N) is 1. The van der Waals surface area contributed by atoms with Gasteiger partial charge in [-0.2, -0.15) is 0 Å². The van der Waals surface area contributed by atoms with Gasteiger partial charge in [-0.1, -0.05) is 29.8 Å². The van der Waals surface area contributed by atoms with Gasteiger partial charge in [-0.3, -0.25) is 9.59 Å². The molecule has 2 aromatic carbocycles. The minimum absolute atomic E-state index is 0.0665. The number of carbonyl (C=O) groups excluding carboxylic acids is 2. The van der Waals surface area contributed by atoms with Crippen molar-refractivity contribution in [3.63, 3.8) is 0 Å². The fourth-order valence-electron chi connectivity index (χ4n) is 2.55. The van der Waals surface area contributed by atoms with E-state index in [-0.39, 0.29) is 18.2 Å². The summed E-state index contributed by atoms with van der Waals surface area (Å²) in [6, 6.07) is 12.5. The molecule has 124 valence electrons. The molecule has 1 N–H and O–H groups in total. The Labute approximate surface area is 145 Å². The number of hydrogen-bond donors (Lipinski definition) is 1. The van der Waals surface area contributed by atoms with E-state index >= 15 is 0 Å². The molecule has 24 heavy (non-hydrogen) atoms. The van der Waals surface area contributed by atoms with Gasteiger partial charge in [-0.05, 0) is 36.8 Å². The highest BCUT2D eigenvalue weighted by atomic mass is 35.5. The minimum Gasteiger partial charge on any atom is -0.478 e. The molecule has 1 atom stereocenters. The molecule has 3 rings (SSSR count). The number of amides is 2. The summed E-state index contributed by atoms with van der Waals surface area (Å²) in [6.07, 6.45) is -0.908. The summed E-state index contributed by atoms with van der Waals surface area (Å²) in [6.45, 7) is 1.88. The summed E-state index contributed by atoms with van der Waals surface area (Å²) in [5, 5.41) is 3.32. The molecule has 1 heterocycles. The van der Waals surface area contributed by atoms with Gasteiger partial charge in [0, 0.05) is 17.8 Å². The van der Waals surface area contributed by atoms with Gasteiger partial charge < -0.3 is 15.0 Å². The Balaban J connectivity index is 1.70. The maximum Gasteiger partial charge on any atom is 0.268 e. The predicted molar refractivity (Wildman–Crippen MR) is 93.7 cm³/mol. The topological polar surface area (TPSA) is 58.6 Å². The Hall–Kier alpha value is -2.53. The smallest absolute Gasteiger partial charge is 0.268 e. The molecule has 0 saturated carbocycles. The Morgan fingerprint density at radius 1 is 1.29 bits per heavy atom. The van der Waals surface area contributed by atoms with Gasteiger partial charge in [0.25, 0.3) is 5.91 Å². The fourth-order valence-corrected chi connectivity index (χ4v) is 2.73. The van der Waals surface area contributed by atoms with Crippen LogP contribution in [0.4, 0.5) is 11.4 Å². The van der Waals surface area contributed by atoms with Crippen LogP contribution in [0.5, 0.6) is 5.75 Å². The van der Waals surface area contributed by atoms with Gasteiger partial charge >= 0.3 is 0 Å². The van der Waals surface area contributed by atoms with E-state index in [1.807, 2.05) is 25.1 Å². The zero-order valence-electron chi connectivity index (χ0n) is 13.4. The Kier molecular flexibility index (Phi) is 4.44. The third-order valence-corrected chi connectivity index (χ3v) is 4.34. The number of carbonyl (C=O) groups is 2. The monoisotopic (exact) mass is 344 g/mol. The van der Waals surface area contributed by atoms with Crippen molar-refractivity contribution in [2.24, 2.45) is 0 Å². The van der Waals surface area contributed by atoms with E-state index in [2.05, 4.69) is 5.32 Å². The molecule has 0 bridgehead atoms. The third-order valence-electron chi connectivity index (χ3n) is 3.93. The fraction of sp³-hybridized carbons (Fsp3) is 0.222. The van der Waals surface area contributed by atoms with Crippen LogP contribution in [0.25, 0.3) is 0 Å². The van der Waals surface area contributed by atoms with Crippen LogP contribution in [-0.2, 0) is 9.59 Å². The molecule has 0 aliphatic carbocycles. The van der Waals surface area contributed by atoms with E-state index in [1.54, 1.807) is 31.3 Å². The van der Waals surface area contributed by atoms with E-state index in [1.165, 1.54) is 4.90 Å². The van der Waals surface area contributed by atoms with Crippen LogP contribution in [0.1, 0.15) is 12.0 Å². The molecule has 2 amide bonds. The number of rotatable bonds is 3. The molecule has 5 nitrogen and oxygen atoms in total. The second-order valence-electron chi connectivity index (χ2n) is 5.69. The lowest BCUT2D eigenvalue weighted by Gasteiger charge is -2.31. The van der Waals surface area contributed by atoms with Gasteiger partial charge in [-0.25, -0.2) is 0 Å². The summed E-state index contributed by atoms with van der Waals surface area (Å²) in [5.74, 6) is 0.0441. The van der Waals surface area contributed by atoms with Crippen LogP contribution in [0.2, 0.25) is 5.02 Å². The highest BCUT2D eigenvalue weighted by molar-refractivity contribution is 6.31. The van der Waals surface area contributed by atoms with Crippen LogP contribution in [0, 0.1) is 6.92 Å². The second kappa shape index (κ2) is 6.53. The van der Waals surface area contributed by atoms with Gasteiger partial charge in [0.2, 0.25) is 5.91 Å². The van der Waals surface area contributed by atoms with Gasteiger partial charge in [0.1, 0.15) is 5.75 Å². The number of fused-ring (bicyclic) bond motifs is 1. The number of hydrogen-bond acceptors (Lipinski definition) is 3.